The Morgan fingerprint density at radius 1 is 0.750 bits per heavy atom. The number of nitrogens with zero attached hydrogens (tertiary/aromatic N) is 1. The summed E-state index contributed by atoms with van der Waals surface area (Å²) in [5.41, 5.74) is -0.694. The van der Waals surface area contributed by atoms with Crippen molar-refractivity contribution in [1.82, 2.24) is 0 Å². The fourth-order valence-corrected chi connectivity index (χ4v) is 2.57. The Hall–Kier alpha value is -0.570. The van der Waals surface area contributed by atoms with E-state index in [0.29, 0.717) is 0 Å². The van der Waals surface area contributed by atoms with Gasteiger partial charge in [-0.1, -0.05) is 60.8 Å². The molecule has 0 atom stereocenters. The smallest absolute Gasteiger partial charge is 0.0784 e. The lowest BCUT2D eigenvalue weighted by Crippen LogP contribution is -2.46. The average molecular weight is 344 g/mol. The summed E-state index contributed by atoms with van der Waals surface area (Å²) in [6, 6.07) is 0. The van der Waals surface area contributed by atoms with Gasteiger partial charge in [0.1, 0.15) is 0 Å². The van der Waals surface area contributed by atoms with E-state index in [1.807, 2.05) is 0 Å². The monoisotopic (exact) mass is 343 g/mol. The first-order valence-electron chi connectivity index (χ1n) is 10.2. The molecule has 0 saturated carbocycles. The van der Waals surface area contributed by atoms with Crippen molar-refractivity contribution in [3.63, 3.8) is 0 Å². The van der Waals surface area contributed by atoms with Gasteiger partial charge in [-0.15, -0.1) is 0 Å². The topological polar surface area (TPSA) is 40.1 Å². The number of carboxylic acid groups (broad SMARTS) is 1. The van der Waals surface area contributed by atoms with Crippen LogP contribution in [0.1, 0.15) is 99.3 Å². The number of hydrogen-bond donors (Lipinski definition) is 0. The van der Waals surface area contributed by atoms with Gasteiger partial charge in [0.2, 0.25) is 0 Å². The van der Waals surface area contributed by atoms with Gasteiger partial charge in [0.15, 0.2) is 0 Å². The molecule has 0 amide bonds. The van der Waals surface area contributed by atoms with Gasteiger partial charge in [-0.3, -0.25) is 0 Å². The summed E-state index contributed by atoms with van der Waals surface area (Å²) in [5.74, 6) is -1.01. The summed E-state index contributed by atoms with van der Waals surface area (Å²) < 4.78 is 1.33. The summed E-state index contributed by atoms with van der Waals surface area (Å²) in [5, 5.41) is 9.91. The third kappa shape index (κ3) is 16.3. The van der Waals surface area contributed by atoms with E-state index in [4.69, 9.17) is 0 Å². The van der Waals surface area contributed by atoms with E-state index < -0.39 is 11.4 Å². The Morgan fingerprint density at radius 3 is 1.17 bits per heavy atom. The predicted octanol–water partition coefficient (Wildman–Crippen LogP) is 4.79. The lowest BCUT2D eigenvalue weighted by Gasteiger charge is -2.35. The molecule has 24 heavy (non-hydrogen) atoms. The lowest BCUT2D eigenvalue weighted by atomic mass is 9.98. The van der Waals surface area contributed by atoms with Crippen LogP contribution in [-0.4, -0.2) is 37.1 Å². The molecule has 0 radical (unpaired) electrons. The zero-order valence-electron chi connectivity index (χ0n) is 17.7. The van der Waals surface area contributed by atoms with E-state index in [9.17, 15) is 9.90 Å². The number of quaternary nitrogens is 1. The first kappa shape index (κ1) is 25.7. The maximum Gasteiger partial charge on any atom is 0.0784 e. The van der Waals surface area contributed by atoms with Gasteiger partial charge in [0.05, 0.1) is 26.7 Å². The van der Waals surface area contributed by atoms with E-state index in [1.54, 1.807) is 20.8 Å². The minimum atomic E-state index is -1.01. The fraction of sp³-hybridized carbons (Fsp3) is 0.952. The molecule has 3 nitrogen and oxygen atoms in total. The molecule has 0 bridgehead atoms. The first-order chi connectivity index (χ1) is 11.1. The van der Waals surface area contributed by atoms with Gasteiger partial charge in [-0.25, -0.2) is 0 Å². The average Bonchev–Trinajstić information content (AvgIpc) is 2.48. The molecule has 0 aliphatic carbocycles. The Morgan fingerprint density at radius 2 is 1.00 bits per heavy atom. The normalized spacial score (nSPS) is 11.8. The van der Waals surface area contributed by atoms with Crippen molar-refractivity contribution < 1.29 is 14.4 Å². The van der Waals surface area contributed by atoms with Crippen LogP contribution in [0.3, 0.4) is 0 Å². The maximum atomic E-state index is 9.91. The van der Waals surface area contributed by atoms with Gasteiger partial charge >= 0.3 is 0 Å². The van der Waals surface area contributed by atoms with Crippen molar-refractivity contribution in [3.8, 4) is 0 Å². The van der Waals surface area contributed by atoms with E-state index >= 15 is 0 Å². The van der Waals surface area contributed by atoms with Crippen molar-refractivity contribution in [1.29, 1.82) is 0 Å². The van der Waals surface area contributed by atoms with Crippen LogP contribution in [0, 0.1) is 5.41 Å². The molecule has 0 rings (SSSR count). The Labute approximate surface area is 152 Å². The second kappa shape index (κ2) is 14.7. The third-order valence-corrected chi connectivity index (χ3v) is 4.52. The molecule has 0 N–H and O–H groups in total. The number of carbonyl (C=O) groups excluding carboxylic acids is 1. The van der Waals surface area contributed by atoms with Crippen molar-refractivity contribution in [2.75, 3.05) is 26.7 Å². The second-order valence-corrected chi connectivity index (χ2v) is 8.45. The Balaban J connectivity index is 0. The van der Waals surface area contributed by atoms with Crippen LogP contribution in [0.2, 0.25) is 0 Å². The molecule has 0 aliphatic rings. The van der Waals surface area contributed by atoms with E-state index in [2.05, 4.69) is 27.8 Å². The molecule has 0 fully saturated rings. The van der Waals surface area contributed by atoms with Crippen molar-refractivity contribution in [3.05, 3.63) is 0 Å². The van der Waals surface area contributed by atoms with E-state index in [-0.39, 0.29) is 0 Å². The highest BCUT2D eigenvalue weighted by Gasteiger charge is 2.19. The number of carbonyl (C=O) groups is 1. The highest BCUT2D eigenvalue weighted by atomic mass is 16.4. The Kier molecular flexibility index (Phi) is 15.8. The van der Waals surface area contributed by atoms with Gasteiger partial charge in [-0.2, -0.15) is 0 Å². The van der Waals surface area contributed by atoms with Crippen LogP contribution >= 0.6 is 0 Å². The number of carboxylic acids is 1. The summed E-state index contributed by atoms with van der Waals surface area (Å²) in [6.07, 6.45) is 12.6. The molecule has 0 aromatic rings. The molecule has 0 spiro atoms. The van der Waals surface area contributed by atoms with Crippen molar-refractivity contribution >= 4 is 5.97 Å². The molecule has 0 saturated heterocycles. The van der Waals surface area contributed by atoms with Crippen LogP contribution in [0.4, 0.5) is 0 Å². The SMILES string of the molecule is CC(C)(C)C(=O)[O-].CCCCC[N+](C)(CCCCC)CCCCC. The molecule has 0 aliphatic heterocycles. The second-order valence-electron chi connectivity index (χ2n) is 8.45. The summed E-state index contributed by atoms with van der Waals surface area (Å²) >= 11 is 0. The highest BCUT2D eigenvalue weighted by molar-refractivity contribution is 5.70. The van der Waals surface area contributed by atoms with Crippen LogP contribution in [0.15, 0.2) is 0 Å². The number of hydrogen-bond acceptors (Lipinski definition) is 2. The molecule has 146 valence electrons. The van der Waals surface area contributed by atoms with Gasteiger partial charge in [0, 0.05) is 11.4 Å². The molecule has 0 aromatic carbocycles. The zero-order chi connectivity index (χ0) is 19.1. The van der Waals surface area contributed by atoms with Crippen LogP contribution in [0.5, 0.6) is 0 Å². The molecule has 0 unspecified atom stereocenters. The van der Waals surface area contributed by atoms with Gasteiger partial charge < -0.3 is 14.4 Å². The molecule has 0 aromatic heterocycles. The number of unbranched alkanes of at least 4 members (excludes halogenated alkanes) is 6. The molecular formula is C21H45NO2. The summed E-state index contributed by atoms with van der Waals surface area (Å²) in [6.45, 7) is 15.9. The van der Waals surface area contributed by atoms with Crippen molar-refractivity contribution in [2.45, 2.75) is 99.3 Å². The van der Waals surface area contributed by atoms with E-state index in [0.717, 1.165) is 0 Å². The molecular weight excluding hydrogens is 298 g/mol. The lowest BCUT2D eigenvalue weighted by molar-refractivity contribution is -0.910. The van der Waals surface area contributed by atoms with Gasteiger partial charge in [-0.05, 0) is 38.5 Å². The van der Waals surface area contributed by atoms with Gasteiger partial charge in [0.25, 0.3) is 0 Å². The highest BCUT2D eigenvalue weighted by Crippen LogP contribution is 2.13. The zero-order valence-corrected chi connectivity index (χ0v) is 17.7. The predicted molar refractivity (Wildman–Crippen MR) is 104 cm³/mol. The number of aliphatic carboxylic acids is 1. The minimum absolute atomic E-state index is 0.694. The fourth-order valence-electron chi connectivity index (χ4n) is 2.57. The standard InChI is InChI=1S/C16H36N.C5H10O2/c1-5-8-11-14-17(4,15-12-9-6-2)16-13-10-7-3;1-5(2,3)4(6)7/h5-16H2,1-4H3;1-3H3,(H,6,7)/q+1;/p-1. The Bertz CT molecular complexity index is 268. The van der Waals surface area contributed by atoms with Crippen molar-refractivity contribution in [2.24, 2.45) is 5.41 Å². The quantitative estimate of drug-likeness (QED) is 0.378. The third-order valence-electron chi connectivity index (χ3n) is 4.52. The summed E-state index contributed by atoms with van der Waals surface area (Å²) in [7, 11) is 2.49. The largest absolute Gasteiger partial charge is 0.550 e. The molecule has 3 heteroatoms. The molecule has 0 heterocycles. The van der Waals surface area contributed by atoms with Crippen LogP contribution < -0.4 is 5.11 Å². The summed E-state index contributed by atoms with van der Waals surface area (Å²) in [4.78, 5) is 9.91. The van der Waals surface area contributed by atoms with E-state index in [1.165, 1.54) is 81.9 Å². The first-order valence-corrected chi connectivity index (χ1v) is 10.2. The minimum Gasteiger partial charge on any atom is -0.550 e. The number of rotatable bonds is 12. The maximum absolute atomic E-state index is 9.91. The van der Waals surface area contributed by atoms with Crippen LogP contribution in [0.25, 0.3) is 0 Å². The van der Waals surface area contributed by atoms with Crippen LogP contribution in [-0.2, 0) is 4.79 Å².